The van der Waals surface area contributed by atoms with Gasteiger partial charge in [-0.05, 0) is 30.0 Å². The maximum absolute atomic E-state index is 5.88. The summed E-state index contributed by atoms with van der Waals surface area (Å²) in [5.74, 6) is 1.06. The molecule has 18 heavy (non-hydrogen) atoms. The number of hydrogen-bond donors (Lipinski definition) is 1. The predicted octanol–water partition coefficient (Wildman–Crippen LogP) is 3.36. The molecule has 0 spiro atoms. The molecule has 0 atom stereocenters. The van der Waals surface area contributed by atoms with Crippen LogP contribution in [0.5, 0.6) is 0 Å². The minimum atomic E-state index is 0.453. The third kappa shape index (κ3) is 1.78. The summed E-state index contributed by atoms with van der Waals surface area (Å²) in [6.45, 7) is 2.03. The second-order valence-electron chi connectivity index (χ2n) is 3.98. The molecule has 90 valence electrons. The highest BCUT2D eigenvalue weighted by Gasteiger charge is 2.14. The zero-order valence-electron chi connectivity index (χ0n) is 9.75. The monoisotopic (exact) mass is 257 g/mol. The Morgan fingerprint density at radius 1 is 1.17 bits per heavy atom. The lowest BCUT2D eigenvalue weighted by Crippen LogP contribution is -1.89. The molecular weight excluding hydrogens is 246 g/mol. The molecule has 0 saturated heterocycles. The van der Waals surface area contributed by atoms with Gasteiger partial charge in [0.2, 0.25) is 5.82 Å². The van der Waals surface area contributed by atoms with Crippen molar-refractivity contribution in [2.45, 2.75) is 6.92 Å². The van der Waals surface area contributed by atoms with E-state index in [4.69, 9.17) is 10.3 Å². The fourth-order valence-corrected chi connectivity index (χ4v) is 2.55. The van der Waals surface area contributed by atoms with Crippen LogP contribution in [0, 0.1) is 6.92 Å². The normalized spacial score (nSPS) is 10.7. The lowest BCUT2D eigenvalue weighted by atomic mass is 10.2. The number of nitrogen functional groups attached to an aromatic ring is 1. The second kappa shape index (κ2) is 4.27. The van der Waals surface area contributed by atoms with Gasteiger partial charge in [0.1, 0.15) is 0 Å². The van der Waals surface area contributed by atoms with Gasteiger partial charge in [0.05, 0.1) is 5.56 Å². The molecule has 1 aromatic carbocycles. The Morgan fingerprint density at radius 3 is 2.72 bits per heavy atom. The van der Waals surface area contributed by atoms with Crippen molar-refractivity contribution in [2.24, 2.45) is 0 Å². The average molecular weight is 257 g/mol. The fourth-order valence-electron chi connectivity index (χ4n) is 1.72. The number of para-hydroxylation sites is 1. The van der Waals surface area contributed by atoms with Crippen molar-refractivity contribution in [3.05, 3.63) is 40.6 Å². The van der Waals surface area contributed by atoms with Gasteiger partial charge >= 0.3 is 0 Å². The van der Waals surface area contributed by atoms with Crippen molar-refractivity contribution >= 4 is 17.0 Å². The summed E-state index contributed by atoms with van der Waals surface area (Å²) in [6, 6.07) is 7.45. The van der Waals surface area contributed by atoms with Crippen LogP contribution in [0.1, 0.15) is 5.56 Å². The van der Waals surface area contributed by atoms with Crippen molar-refractivity contribution in [1.29, 1.82) is 0 Å². The van der Waals surface area contributed by atoms with Crippen LogP contribution in [-0.4, -0.2) is 10.1 Å². The van der Waals surface area contributed by atoms with Gasteiger partial charge in [-0.15, -0.1) is 0 Å². The highest BCUT2D eigenvalue weighted by Crippen LogP contribution is 2.28. The number of hydrogen-bond acceptors (Lipinski definition) is 5. The van der Waals surface area contributed by atoms with Crippen LogP contribution in [0.2, 0.25) is 0 Å². The summed E-state index contributed by atoms with van der Waals surface area (Å²) in [4.78, 5) is 4.39. The summed E-state index contributed by atoms with van der Waals surface area (Å²) < 4.78 is 5.27. The van der Waals surface area contributed by atoms with Crippen LogP contribution in [0.4, 0.5) is 5.69 Å². The molecule has 3 rings (SSSR count). The summed E-state index contributed by atoms with van der Waals surface area (Å²) in [7, 11) is 0. The van der Waals surface area contributed by atoms with E-state index in [0.29, 0.717) is 17.4 Å². The quantitative estimate of drug-likeness (QED) is 0.715. The topological polar surface area (TPSA) is 64.9 Å². The average Bonchev–Trinajstić information content (AvgIpc) is 2.98. The van der Waals surface area contributed by atoms with Gasteiger partial charge in [-0.25, -0.2) is 0 Å². The second-order valence-corrected chi connectivity index (χ2v) is 4.72. The van der Waals surface area contributed by atoms with Crippen molar-refractivity contribution in [2.75, 3.05) is 5.73 Å². The van der Waals surface area contributed by atoms with Gasteiger partial charge in [-0.2, -0.15) is 16.3 Å². The molecule has 4 nitrogen and oxygen atoms in total. The lowest BCUT2D eigenvalue weighted by molar-refractivity contribution is 0.432. The number of benzene rings is 1. The molecule has 0 radical (unpaired) electrons. The van der Waals surface area contributed by atoms with Crippen molar-refractivity contribution in [3.8, 4) is 22.8 Å². The molecule has 0 aliphatic carbocycles. The smallest absolute Gasteiger partial charge is 0.260 e. The highest BCUT2D eigenvalue weighted by molar-refractivity contribution is 7.08. The Balaban J connectivity index is 2.05. The van der Waals surface area contributed by atoms with E-state index in [9.17, 15) is 0 Å². The number of rotatable bonds is 2. The standard InChI is InChI=1S/C13H11N3OS/c1-8-6-18-7-10(8)12-15-13(17-16-12)9-4-2-3-5-11(9)14/h2-7H,14H2,1H3. The SMILES string of the molecule is Cc1cscc1-c1noc(-c2ccccc2N)n1. The van der Waals surface area contributed by atoms with E-state index in [-0.39, 0.29) is 0 Å². The van der Waals surface area contributed by atoms with Gasteiger partial charge in [0, 0.05) is 16.6 Å². The fraction of sp³-hybridized carbons (Fsp3) is 0.0769. The zero-order valence-corrected chi connectivity index (χ0v) is 10.6. The first-order chi connectivity index (χ1) is 8.75. The van der Waals surface area contributed by atoms with Crippen molar-refractivity contribution in [1.82, 2.24) is 10.1 Å². The van der Waals surface area contributed by atoms with Gasteiger partial charge in [0.25, 0.3) is 5.89 Å². The van der Waals surface area contributed by atoms with E-state index < -0.39 is 0 Å². The molecule has 5 heteroatoms. The summed E-state index contributed by atoms with van der Waals surface area (Å²) in [5.41, 5.74) is 9.44. The number of nitrogens with two attached hydrogens (primary N) is 1. The molecule has 3 aromatic rings. The van der Waals surface area contributed by atoms with E-state index in [2.05, 4.69) is 15.5 Å². The maximum Gasteiger partial charge on any atom is 0.260 e. The van der Waals surface area contributed by atoms with E-state index >= 15 is 0 Å². The summed E-state index contributed by atoms with van der Waals surface area (Å²) >= 11 is 1.62. The molecule has 0 aliphatic heterocycles. The third-order valence-electron chi connectivity index (χ3n) is 2.71. The first kappa shape index (κ1) is 11.0. The largest absolute Gasteiger partial charge is 0.398 e. The Morgan fingerprint density at radius 2 is 2.00 bits per heavy atom. The van der Waals surface area contributed by atoms with Crippen LogP contribution in [-0.2, 0) is 0 Å². The molecule has 2 N–H and O–H groups in total. The van der Waals surface area contributed by atoms with Gasteiger partial charge in [-0.3, -0.25) is 0 Å². The molecule has 0 bridgehead atoms. The van der Waals surface area contributed by atoms with E-state index in [1.807, 2.05) is 36.6 Å². The number of thiophene rings is 1. The first-order valence-electron chi connectivity index (χ1n) is 5.47. The first-order valence-corrected chi connectivity index (χ1v) is 6.42. The number of nitrogens with zero attached hydrogens (tertiary/aromatic N) is 2. The van der Waals surface area contributed by atoms with Crippen molar-refractivity contribution in [3.63, 3.8) is 0 Å². The third-order valence-corrected chi connectivity index (χ3v) is 3.58. The van der Waals surface area contributed by atoms with Crippen molar-refractivity contribution < 1.29 is 4.52 Å². The molecule has 2 aromatic heterocycles. The molecule has 0 fully saturated rings. The molecule has 0 amide bonds. The van der Waals surface area contributed by atoms with E-state index in [0.717, 1.165) is 16.7 Å². The molecule has 0 aliphatic rings. The predicted molar refractivity (Wildman–Crippen MR) is 72.2 cm³/mol. The highest BCUT2D eigenvalue weighted by atomic mass is 32.1. The molecule has 0 saturated carbocycles. The Kier molecular flexibility index (Phi) is 2.60. The Bertz CT molecular complexity index is 687. The van der Waals surface area contributed by atoms with Crippen LogP contribution in [0.15, 0.2) is 39.5 Å². The van der Waals surface area contributed by atoms with Gasteiger partial charge in [0.15, 0.2) is 0 Å². The summed E-state index contributed by atoms with van der Waals surface area (Å²) in [5, 5.41) is 8.07. The van der Waals surface area contributed by atoms with E-state index in [1.165, 1.54) is 0 Å². The van der Waals surface area contributed by atoms with Gasteiger partial charge in [-0.1, -0.05) is 17.3 Å². The van der Waals surface area contributed by atoms with Crippen LogP contribution in [0.3, 0.4) is 0 Å². The number of aromatic nitrogens is 2. The minimum Gasteiger partial charge on any atom is -0.398 e. The van der Waals surface area contributed by atoms with E-state index in [1.54, 1.807) is 11.3 Å². The Hall–Kier alpha value is -2.14. The summed E-state index contributed by atoms with van der Waals surface area (Å²) in [6.07, 6.45) is 0. The maximum atomic E-state index is 5.88. The Labute approximate surface area is 108 Å². The number of anilines is 1. The number of aryl methyl sites for hydroxylation is 1. The van der Waals surface area contributed by atoms with Crippen LogP contribution in [0.25, 0.3) is 22.8 Å². The van der Waals surface area contributed by atoms with Crippen LogP contribution >= 0.6 is 11.3 Å². The van der Waals surface area contributed by atoms with Gasteiger partial charge < -0.3 is 10.3 Å². The molecule has 0 unspecified atom stereocenters. The van der Waals surface area contributed by atoms with Crippen LogP contribution < -0.4 is 5.73 Å². The molecular formula is C13H11N3OS. The molecule has 2 heterocycles. The minimum absolute atomic E-state index is 0.453. The lowest BCUT2D eigenvalue weighted by Gasteiger charge is -1.97. The zero-order chi connectivity index (χ0) is 12.5.